The van der Waals surface area contributed by atoms with E-state index in [1.807, 2.05) is 4.98 Å². The summed E-state index contributed by atoms with van der Waals surface area (Å²) in [6.45, 7) is 1.36. The molecule has 1 aromatic heterocycles. The molecular formula is C7H9N2O5. The quantitative estimate of drug-likeness (QED) is 0.545. The molecule has 0 saturated carbocycles. The zero-order valence-corrected chi connectivity index (χ0v) is 7.62. The summed E-state index contributed by atoms with van der Waals surface area (Å²) in [6.07, 6.45) is 0.821. The van der Waals surface area contributed by atoms with Crippen molar-refractivity contribution in [1.82, 2.24) is 9.97 Å². The molecule has 0 bridgehead atoms. The molecule has 77 valence electrons. The number of carbonyl (C=O) groups is 1. The van der Waals surface area contributed by atoms with E-state index in [4.69, 9.17) is 0 Å². The molecule has 0 fully saturated rings. The SMILES string of the molecule is COC(C)=O.[O]c1c[nH]c(=O)[nH]c1=O. The number of ether oxygens (including phenoxy) is 1. The smallest absolute Gasteiger partial charge is 0.325 e. The first-order chi connectivity index (χ1) is 6.47. The Morgan fingerprint density at radius 2 is 1.93 bits per heavy atom. The largest absolute Gasteiger partial charge is 0.469 e. The summed E-state index contributed by atoms with van der Waals surface area (Å²) in [7, 11) is 1.35. The highest BCUT2D eigenvalue weighted by atomic mass is 16.5. The molecule has 0 unspecified atom stereocenters. The van der Waals surface area contributed by atoms with Gasteiger partial charge in [0.05, 0.1) is 13.3 Å². The number of aromatic amines is 2. The molecule has 2 N–H and O–H groups in total. The number of aromatic nitrogens is 2. The third-order valence-electron chi connectivity index (χ3n) is 1.07. The summed E-state index contributed by atoms with van der Waals surface area (Å²) in [5.74, 6) is -0.986. The monoisotopic (exact) mass is 201 g/mol. The highest BCUT2D eigenvalue weighted by molar-refractivity contribution is 5.65. The van der Waals surface area contributed by atoms with Gasteiger partial charge in [0.15, 0.2) is 0 Å². The lowest BCUT2D eigenvalue weighted by Crippen LogP contribution is -2.19. The molecule has 0 aliphatic heterocycles. The van der Waals surface area contributed by atoms with E-state index in [9.17, 15) is 19.5 Å². The molecule has 0 aliphatic rings. The Bertz CT molecular complexity index is 405. The van der Waals surface area contributed by atoms with Gasteiger partial charge in [-0.25, -0.2) is 4.79 Å². The molecular weight excluding hydrogens is 192 g/mol. The Morgan fingerprint density at radius 3 is 2.21 bits per heavy atom. The molecule has 1 aromatic rings. The van der Waals surface area contributed by atoms with Crippen LogP contribution >= 0.6 is 0 Å². The van der Waals surface area contributed by atoms with Crippen molar-refractivity contribution in [2.45, 2.75) is 6.92 Å². The predicted octanol–water partition coefficient (Wildman–Crippen LogP) is -0.614. The van der Waals surface area contributed by atoms with Crippen LogP contribution in [0.25, 0.3) is 0 Å². The van der Waals surface area contributed by atoms with Gasteiger partial charge in [0.2, 0.25) is 0 Å². The van der Waals surface area contributed by atoms with Gasteiger partial charge in [-0.3, -0.25) is 19.7 Å². The molecule has 7 heteroatoms. The minimum Gasteiger partial charge on any atom is -0.469 e. The first kappa shape index (κ1) is 11.9. The third-order valence-corrected chi connectivity index (χ3v) is 1.07. The number of esters is 1. The van der Waals surface area contributed by atoms with Crippen molar-refractivity contribution in [3.05, 3.63) is 27.0 Å². The van der Waals surface area contributed by atoms with E-state index in [2.05, 4.69) is 4.74 Å². The van der Waals surface area contributed by atoms with Crippen LogP contribution in [0.1, 0.15) is 6.92 Å². The normalized spacial score (nSPS) is 8.43. The Hall–Kier alpha value is -2.05. The maximum absolute atomic E-state index is 10.3. The van der Waals surface area contributed by atoms with E-state index in [0.29, 0.717) is 0 Å². The fourth-order valence-corrected chi connectivity index (χ4v) is 0.397. The first-order valence-corrected chi connectivity index (χ1v) is 3.51. The Labute approximate surface area is 78.4 Å². The van der Waals surface area contributed by atoms with Gasteiger partial charge in [0, 0.05) is 6.92 Å². The van der Waals surface area contributed by atoms with Crippen LogP contribution in [0.15, 0.2) is 15.8 Å². The van der Waals surface area contributed by atoms with Crippen LogP contribution in [0, 0.1) is 0 Å². The summed E-state index contributed by atoms with van der Waals surface area (Å²) >= 11 is 0. The van der Waals surface area contributed by atoms with Crippen molar-refractivity contribution in [1.29, 1.82) is 0 Å². The lowest BCUT2D eigenvalue weighted by atomic mass is 10.6. The molecule has 14 heavy (non-hydrogen) atoms. The zero-order valence-electron chi connectivity index (χ0n) is 7.62. The van der Waals surface area contributed by atoms with Crippen LogP contribution in [-0.2, 0) is 14.6 Å². The van der Waals surface area contributed by atoms with Crippen LogP contribution in [0.3, 0.4) is 0 Å². The van der Waals surface area contributed by atoms with E-state index >= 15 is 0 Å². The highest BCUT2D eigenvalue weighted by Crippen LogP contribution is 1.88. The molecule has 0 saturated heterocycles. The second kappa shape index (κ2) is 5.57. The molecule has 0 aliphatic carbocycles. The molecule has 1 radical (unpaired) electrons. The molecule has 0 amide bonds. The fourth-order valence-electron chi connectivity index (χ4n) is 0.397. The highest BCUT2D eigenvalue weighted by Gasteiger charge is 1.95. The van der Waals surface area contributed by atoms with Crippen molar-refractivity contribution in [2.24, 2.45) is 0 Å². The number of rotatable bonds is 0. The standard InChI is InChI=1S/C4H3N2O3.C3H6O2/c7-2-1-5-4(9)6-3(2)8;1-3(4)5-2/h1H,(H2,5,6,8,9);1-2H3. The minimum atomic E-state index is -0.890. The van der Waals surface area contributed by atoms with Crippen LogP contribution in [0.4, 0.5) is 0 Å². The number of nitrogens with one attached hydrogen (secondary N) is 2. The fraction of sp³-hybridized carbons (Fsp3) is 0.286. The van der Waals surface area contributed by atoms with Crippen LogP contribution in [-0.4, -0.2) is 23.0 Å². The van der Waals surface area contributed by atoms with Gasteiger partial charge >= 0.3 is 17.2 Å². The predicted molar refractivity (Wildman–Crippen MR) is 45.5 cm³/mol. The van der Waals surface area contributed by atoms with E-state index in [0.717, 1.165) is 6.20 Å². The lowest BCUT2D eigenvalue weighted by Gasteiger charge is -1.80. The zero-order chi connectivity index (χ0) is 11.1. The van der Waals surface area contributed by atoms with E-state index in [1.165, 1.54) is 14.0 Å². The van der Waals surface area contributed by atoms with Gasteiger partial charge in [-0.1, -0.05) is 0 Å². The van der Waals surface area contributed by atoms with E-state index in [-0.39, 0.29) is 5.97 Å². The summed E-state index contributed by atoms with van der Waals surface area (Å²) in [5, 5.41) is 10.3. The number of carbonyl (C=O) groups excluding carboxylic acids is 1. The van der Waals surface area contributed by atoms with Gasteiger partial charge in [-0.15, -0.1) is 0 Å². The van der Waals surface area contributed by atoms with Crippen LogP contribution in [0.2, 0.25) is 0 Å². The average Bonchev–Trinajstić information content (AvgIpc) is 2.13. The number of methoxy groups -OCH3 is 1. The van der Waals surface area contributed by atoms with Crippen molar-refractivity contribution in [3.63, 3.8) is 0 Å². The lowest BCUT2D eigenvalue weighted by molar-refractivity contribution is -0.137. The molecule has 1 rings (SSSR count). The summed E-state index contributed by atoms with van der Waals surface area (Å²) in [6, 6.07) is 0. The summed E-state index contributed by atoms with van der Waals surface area (Å²) in [4.78, 5) is 33.8. The van der Waals surface area contributed by atoms with Crippen molar-refractivity contribution < 1.29 is 14.6 Å². The van der Waals surface area contributed by atoms with Gasteiger partial charge in [0.25, 0.3) is 5.75 Å². The molecule has 1 heterocycles. The van der Waals surface area contributed by atoms with Crippen LogP contribution < -0.4 is 11.2 Å². The van der Waals surface area contributed by atoms with E-state index < -0.39 is 17.0 Å². The van der Waals surface area contributed by atoms with Gasteiger partial charge < -0.3 is 9.72 Å². The topological polar surface area (TPSA) is 112 Å². The maximum atomic E-state index is 10.3. The Balaban J connectivity index is 0.000000292. The maximum Gasteiger partial charge on any atom is 0.325 e. The van der Waals surface area contributed by atoms with E-state index in [1.54, 1.807) is 4.98 Å². The number of hydrogen-bond donors (Lipinski definition) is 2. The summed E-state index contributed by atoms with van der Waals surface area (Å²) < 4.78 is 4.11. The number of H-pyrrole nitrogens is 2. The van der Waals surface area contributed by atoms with Crippen molar-refractivity contribution >= 4 is 5.97 Å². The first-order valence-electron chi connectivity index (χ1n) is 3.51. The average molecular weight is 201 g/mol. The molecule has 0 aromatic carbocycles. The van der Waals surface area contributed by atoms with Gasteiger partial charge in [-0.2, -0.15) is 0 Å². The summed E-state index contributed by atoms with van der Waals surface area (Å²) in [5.41, 5.74) is -1.56. The minimum absolute atomic E-state index is 0.245. The van der Waals surface area contributed by atoms with Crippen molar-refractivity contribution in [3.8, 4) is 5.75 Å². The Kier molecular flexibility index (Phi) is 4.76. The third kappa shape index (κ3) is 4.75. The molecule has 7 nitrogen and oxygen atoms in total. The molecule has 0 spiro atoms. The second-order valence-electron chi connectivity index (χ2n) is 2.13. The molecule has 0 atom stereocenters. The number of hydrogen-bond acceptors (Lipinski definition) is 4. The van der Waals surface area contributed by atoms with Gasteiger partial charge in [-0.05, 0) is 0 Å². The Morgan fingerprint density at radius 1 is 1.43 bits per heavy atom. The van der Waals surface area contributed by atoms with Crippen molar-refractivity contribution in [2.75, 3.05) is 7.11 Å². The second-order valence-corrected chi connectivity index (χ2v) is 2.13. The van der Waals surface area contributed by atoms with Gasteiger partial charge in [0.1, 0.15) is 0 Å². The van der Waals surface area contributed by atoms with Crippen LogP contribution in [0.5, 0.6) is 5.75 Å².